The van der Waals surface area contributed by atoms with Crippen molar-refractivity contribution >= 4 is 16.8 Å². The molecule has 0 aliphatic carbocycles. The minimum Gasteiger partial charge on any atom is -0.496 e. The molecule has 1 aliphatic rings. The van der Waals surface area contributed by atoms with E-state index in [1.807, 2.05) is 13.8 Å². The lowest BCUT2D eigenvalue weighted by molar-refractivity contribution is 0.0623. The number of rotatable bonds is 1. The highest BCUT2D eigenvalue weighted by Gasteiger charge is 2.36. The van der Waals surface area contributed by atoms with E-state index in [0.29, 0.717) is 28.0 Å². The molecule has 0 N–H and O–H groups in total. The molecule has 0 saturated carbocycles. The van der Waals surface area contributed by atoms with E-state index in [1.54, 1.807) is 12.1 Å². The van der Waals surface area contributed by atoms with Gasteiger partial charge in [-0.1, -0.05) is 0 Å². The third-order valence-corrected chi connectivity index (χ3v) is 3.31. The van der Waals surface area contributed by atoms with Gasteiger partial charge in [0, 0.05) is 12.1 Å². The van der Waals surface area contributed by atoms with Gasteiger partial charge in [-0.15, -0.1) is 0 Å². The maximum absolute atomic E-state index is 12.3. The van der Waals surface area contributed by atoms with Crippen molar-refractivity contribution in [3.63, 3.8) is 0 Å². The van der Waals surface area contributed by atoms with E-state index < -0.39 is 11.2 Å². The Balaban J connectivity index is 2.41. The van der Waals surface area contributed by atoms with Crippen LogP contribution >= 0.6 is 0 Å². The summed E-state index contributed by atoms with van der Waals surface area (Å²) in [6.45, 7) is 3.69. The summed E-state index contributed by atoms with van der Waals surface area (Å²) in [5.74, 6) is 0.743. The summed E-state index contributed by atoms with van der Waals surface area (Å²) >= 11 is 0. The van der Waals surface area contributed by atoms with Crippen molar-refractivity contribution in [3.05, 3.63) is 34.2 Å². The number of hydrogen-bond donors (Lipinski definition) is 0. The van der Waals surface area contributed by atoms with Crippen LogP contribution in [-0.2, 0) is 0 Å². The summed E-state index contributed by atoms with van der Waals surface area (Å²) < 4.78 is 16.3. The Bertz CT molecular complexity index is 770. The van der Waals surface area contributed by atoms with Crippen molar-refractivity contribution in [2.24, 2.45) is 0 Å². The van der Waals surface area contributed by atoms with Crippen molar-refractivity contribution in [1.82, 2.24) is 0 Å². The Labute approximate surface area is 115 Å². The van der Waals surface area contributed by atoms with Gasteiger partial charge < -0.3 is 13.9 Å². The highest BCUT2D eigenvalue weighted by molar-refractivity contribution is 6.08. The smallest absolute Gasteiger partial charge is 0.336 e. The summed E-state index contributed by atoms with van der Waals surface area (Å²) in [5, 5.41) is 0.599. The van der Waals surface area contributed by atoms with E-state index in [-0.39, 0.29) is 12.2 Å². The van der Waals surface area contributed by atoms with Crippen LogP contribution in [0.15, 0.2) is 27.4 Å². The van der Waals surface area contributed by atoms with Crippen LogP contribution in [0.5, 0.6) is 11.5 Å². The van der Waals surface area contributed by atoms with Gasteiger partial charge in [-0.25, -0.2) is 4.79 Å². The first-order chi connectivity index (χ1) is 9.41. The number of fused-ring (bicyclic) bond motifs is 3. The van der Waals surface area contributed by atoms with E-state index in [0.717, 1.165) is 0 Å². The van der Waals surface area contributed by atoms with Gasteiger partial charge in [0.15, 0.2) is 5.78 Å². The van der Waals surface area contributed by atoms with Crippen molar-refractivity contribution < 1.29 is 18.7 Å². The molecule has 1 aromatic carbocycles. The van der Waals surface area contributed by atoms with Gasteiger partial charge in [0.2, 0.25) is 0 Å². The van der Waals surface area contributed by atoms with Crippen LogP contribution in [0.3, 0.4) is 0 Å². The molecule has 5 nitrogen and oxygen atoms in total. The average molecular weight is 274 g/mol. The molecule has 3 rings (SSSR count). The van der Waals surface area contributed by atoms with Gasteiger partial charge in [0.05, 0.1) is 18.9 Å². The monoisotopic (exact) mass is 274 g/mol. The van der Waals surface area contributed by atoms with Crippen molar-refractivity contribution in [3.8, 4) is 11.5 Å². The molecule has 20 heavy (non-hydrogen) atoms. The molecule has 0 spiro atoms. The minimum atomic E-state index is -0.598. The first-order valence-electron chi connectivity index (χ1n) is 6.28. The Morgan fingerprint density at radius 2 is 2.00 bits per heavy atom. The zero-order valence-corrected chi connectivity index (χ0v) is 11.5. The second-order valence-corrected chi connectivity index (χ2v) is 5.41. The lowest BCUT2D eigenvalue weighted by Gasteiger charge is -2.32. The SMILES string of the molecule is COc1cc2oc(=O)ccc2c2c1C(=O)CC(C)(C)O2. The number of methoxy groups -OCH3 is 1. The molecule has 0 amide bonds. The number of ketones is 1. The molecule has 0 atom stereocenters. The molecule has 0 bridgehead atoms. The van der Waals surface area contributed by atoms with E-state index >= 15 is 0 Å². The van der Waals surface area contributed by atoms with Crippen LogP contribution in [0.1, 0.15) is 30.6 Å². The van der Waals surface area contributed by atoms with Crippen LogP contribution in [0.4, 0.5) is 0 Å². The molecule has 0 unspecified atom stereocenters. The second kappa shape index (κ2) is 4.10. The van der Waals surface area contributed by atoms with Gasteiger partial charge in [0.1, 0.15) is 28.2 Å². The standard InChI is InChI=1S/C15H14O5/c1-15(2)7-9(16)13-11(18-3)6-10-8(14(13)20-15)4-5-12(17)19-10/h4-6H,7H2,1-3H3. The number of carbonyl (C=O) groups excluding carboxylic acids is 1. The van der Waals surface area contributed by atoms with Gasteiger partial charge in [-0.2, -0.15) is 0 Å². The molecular weight excluding hydrogens is 260 g/mol. The van der Waals surface area contributed by atoms with Gasteiger partial charge >= 0.3 is 5.63 Å². The van der Waals surface area contributed by atoms with E-state index in [9.17, 15) is 9.59 Å². The number of carbonyl (C=O) groups is 1. The maximum Gasteiger partial charge on any atom is 0.336 e. The Morgan fingerprint density at radius 3 is 2.70 bits per heavy atom. The summed E-state index contributed by atoms with van der Waals surface area (Å²) in [5.41, 5.74) is -0.299. The van der Waals surface area contributed by atoms with Crippen molar-refractivity contribution in [1.29, 1.82) is 0 Å². The highest BCUT2D eigenvalue weighted by atomic mass is 16.5. The molecule has 0 radical (unpaired) electrons. The molecule has 104 valence electrons. The predicted octanol–water partition coefficient (Wildman–Crippen LogP) is 2.55. The topological polar surface area (TPSA) is 65.7 Å². The van der Waals surface area contributed by atoms with Crippen LogP contribution < -0.4 is 15.1 Å². The van der Waals surface area contributed by atoms with Crippen LogP contribution in [0.25, 0.3) is 11.0 Å². The van der Waals surface area contributed by atoms with E-state index in [4.69, 9.17) is 13.9 Å². The fourth-order valence-electron chi connectivity index (χ4n) is 2.48. The normalized spacial score (nSPS) is 16.6. The average Bonchev–Trinajstić information content (AvgIpc) is 2.35. The van der Waals surface area contributed by atoms with Gasteiger partial charge in [0.25, 0.3) is 0 Å². The fourth-order valence-corrected chi connectivity index (χ4v) is 2.48. The van der Waals surface area contributed by atoms with Crippen molar-refractivity contribution in [2.75, 3.05) is 7.11 Å². The van der Waals surface area contributed by atoms with Crippen LogP contribution in [0, 0.1) is 0 Å². The van der Waals surface area contributed by atoms with Gasteiger partial charge in [-0.05, 0) is 19.9 Å². The number of Topliss-reactive ketones (excluding diaryl/α,β-unsaturated/α-hetero) is 1. The molecule has 0 fully saturated rings. The molecule has 1 aliphatic heterocycles. The molecule has 0 saturated heterocycles. The van der Waals surface area contributed by atoms with Crippen LogP contribution in [-0.4, -0.2) is 18.5 Å². The molecule has 2 aromatic rings. The summed E-state index contributed by atoms with van der Waals surface area (Å²) in [7, 11) is 1.47. The first-order valence-corrected chi connectivity index (χ1v) is 6.28. The van der Waals surface area contributed by atoms with E-state index in [2.05, 4.69) is 0 Å². The Hall–Kier alpha value is -2.30. The maximum atomic E-state index is 12.3. The summed E-state index contributed by atoms with van der Waals surface area (Å²) in [6.07, 6.45) is 0.276. The molecular formula is C15H14O5. The second-order valence-electron chi connectivity index (χ2n) is 5.41. The third-order valence-electron chi connectivity index (χ3n) is 3.31. The van der Waals surface area contributed by atoms with Crippen LogP contribution in [0.2, 0.25) is 0 Å². The third kappa shape index (κ3) is 1.86. The quantitative estimate of drug-likeness (QED) is 0.748. The lowest BCUT2D eigenvalue weighted by Crippen LogP contribution is -2.36. The highest BCUT2D eigenvalue weighted by Crippen LogP contribution is 2.43. The number of hydrogen-bond acceptors (Lipinski definition) is 5. The lowest BCUT2D eigenvalue weighted by atomic mass is 9.91. The zero-order chi connectivity index (χ0) is 14.5. The Morgan fingerprint density at radius 1 is 1.25 bits per heavy atom. The first kappa shape index (κ1) is 12.7. The number of ether oxygens (including phenoxy) is 2. The van der Waals surface area contributed by atoms with Crippen molar-refractivity contribution in [2.45, 2.75) is 25.9 Å². The van der Waals surface area contributed by atoms with E-state index in [1.165, 1.54) is 13.2 Å². The Kier molecular flexibility index (Phi) is 2.61. The molecule has 5 heteroatoms. The molecule has 2 heterocycles. The zero-order valence-electron chi connectivity index (χ0n) is 11.5. The molecule has 1 aromatic heterocycles. The predicted molar refractivity (Wildman–Crippen MR) is 72.7 cm³/mol. The fraction of sp³-hybridized carbons (Fsp3) is 0.333. The largest absolute Gasteiger partial charge is 0.496 e. The minimum absolute atomic E-state index is 0.0406. The summed E-state index contributed by atoms with van der Waals surface area (Å²) in [4.78, 5) is 23.7. The summed E-state index contributed by atoms with van der Waals surface area (Å²) in [6, 6.07) is 4.47. The van der Waals surface area contributed by atoms with Gasteiger partial charge in [-0.3, -0.25) is 4.79 Å². The number of benzene rings is 1.